The smallest absolute Gasteiger partial charge is 0.223 e. The molecule has 0 spiro atoms. The average Bonchev–Trinajstić information content (AvgIpc) is 2.48. The van der Waals surface area contributed by atoms with Crippen LogP contribution in [0, 0.1) is 6.92 Å². The predicted octanol–water partition coefficient (Wildman–Crippen LogP) is 4.33. The zero-order valence-corrected chi connectivity index (χ0v) is 14.9. The maximum absolute atomic E-state index is 11.8. The summed E-state index contributed by atoms with van der Waals surface area (Å²) < 4.78 is 5.08. The Kier molecular flexibility index (Phi) is 9.34. The van der Waals surface area contributed by atoms with Crippen LogP contribution in [-0.4, -0.2) is 17.9 Å². The number of carbonyl (C=O) groups is 1. The summed E-state index contributed by atoms with van der Waals surface area (Å²) in [6.45, 7) is 3.54. The molecule has 4 heteroatoms. The van der Waals surface area contributed by atoms with Gasteiger partial charge in [0.05, 0.1) is 12.8 Å². The van der Waals surface area contributed by atoms with Crippen LogP contribution < -0.4 is 10.2 Å². The zero-order valence-electron chi connectivity index (χ0n) is 14.9. The Bertz CT molecular complexity index is 534. The molecule has 0 aromatic carbocycles. The maximum atomic E-state index is 11.8. The molecule has 4 nitrogen and oxygen atoms in total. The molecule has 0 unspecified atom stereocenters. The fourth-order valence-corrected chi connectivity index (χ4v) is 2.88. The van der Waals surface area contributed by atoms with E-state index in [1.54, 1.807) is 13.0 Å². The van der Waals surface area contributed by atoms with Crippen molar-refractivity contribution < 1.29 is 9.53 Å². The molecule has 1 heterocycles. The summed E-state index contributed by atoms with van der Waals surface area (Å²) in [5.41, 5.74) is 1.77. The predicted molar refractivity (Wildman–Crippen MR) is 94.3 cm³/mol. The topological polar surface area (TPSA) is 59.2 Å². The van der Waals surface area contributed by atoms with Gasteiger partial charge in [0, 0.05) is 18.2 Å². The maximum Gasteiger partial charge on any atom is 0.223 e. The summed E-state index contributed by atoms with van der Waals surface area (Å²) in [4.78, 5) is 25.9. The molecular weight excluding hydrogens is 290 g/mol. The molecule has 1 aromatic heterocycles. The number of pyridine rings is 1. The first kappa shape index (κ1) is 19.5. The van der Waals surface area contributed by atoms with Gasteiger partial charge in [-0.1, -0.05) is 38.5 Å². The fourth-order valence-electron chi connectivity index (χ4n) is 2.88. The van der Waals surface area contributed by atoms with E-state index in [1.807, 2.05) is 6.92 Å². The number of H-pyrrole nitrogens is 1. The van der Waals surface area contributed by atoms with Gasteiger partial charge in [-0.15, -0.1) is 0 Å². The first-order valence-electron chi connectivity index (χ1n) is 8.81. The number of carbonyl (C=O) groups excluding carboxylic acids is 1. The van der Waals surface area contributed by atoms with E-state index in [2.05, 4.69) is 4.98 Å². The van der Waals surface area contributed by atoms with Gasteiger partial charge in [-0.05, 0) is 33.1 Å². The Hall–Kier alpha value is -1.58. The number of ether oxygens (including phenoxy) is 1. The van der Waals surface area contributed by atoms with E-state index in [1.165, 1.54) is 45.6 Å². The van der Waals surface area contributed by atoms with Crippen molar-refractivity contribution >= 4 is 5.78 Å². The van der Waals surface area contributed by atoms with Gasteiger partial charge in [-0.2, -0.15) is 0 Å². The van der Waals surface area contributed by atoms with Crippen molar-refractivity contribution in [2.24, 2.45) is 0 Å². The highest BCUT2D eigenvalue weighted by Crippen LogP contribution is 2.13. The third kappa shape index (κ3) is 8.00. The van der Waals surface area contributed by atoms with E-state index in [0.29, 0.717) is 11.5 Å². The molecule has 0 aliphatic rings. The lowest BCUT2D eigenvalue weighted by Crippen LogP contribution is -2.10. The van der Waals surface area contributed by atoms with Crippen molar-refractivity contribution in [3.63, 3.8) is 0 Å². The third-order valence-electron chi connectivity index (χ3n) is 4.15. The highest BCUT2D eigenvalue weighted by Gasteiger charge is 2.06. The lowest BCUT2D eigenvalue weighted by molar-refractivity contribution is -0.117. The van der Waals surface area contributed by atoms with E-state index in [9.17, 15) is 9.59 Å². The number of aromatic amines is 1. The second-order valence-electron chi connectivity index (χ2n) is 6.35. The Morgan fingerprint density at radius 1 is 1.04 bits per heavy atom. The van der Waals surface area contributed by atoms with Crippen molar-refractivity contribution in [3.8, 4) is 5.75 Å². The summed E-state index contributed by atoms with van der Waals surface area (Å²) in [6.07, 6.45) is 11.2. The van der Waals surface area contributed by atoms with Crippen molar-refractivity contribution in [1.29, 1.82) is 0 Å². The molecule has 0 aliphatic carbocycles. The lowest BCUT2D eigenvalue weighted by Gasteiger charge is -2.07. The van der Waals surface area contributed by atoms with Crippen LogP contribution >= 0.6 is 0 Å². The van der Waals surface area contributed by atoms with Crippen LogP contribution in [0.25, 0.3) is 0 Å². The molecule has 1 N–H and O–H groups in total. The van der Waals surface area contributed by atoms with Crippen molar-refractivity contribution in [3.05, 3.63) is 27.7 Å². The normalized spacial score (nSPS) is 10.7. The minimum absolute atomic E-state index is 0.0377. The van der Waals surface area contributed by atoms with Gasteiger partial charge >= 0.3 is 0 Å². The second-order valence-corrected chi connectivity index (χ2v) is 6.35. The van der Waals surface area contributed by atoms with Crippen molar-refractivity contribution in [2.75, 3.05) is 7.11 Å². The monoisotopic (exact) mass is 321 g/mol. The minimum atomic E-state index is -0.0377. The quantitative estimate of drug-likeness (QED) is 0.583. The van der Waals surface area contributed by atoms with Gasteiger partial charge in [0.2, 0.25) is 5.43 Å². The summed E-state index contributed by atoms with van der Waals surface area (Å²) >= 11 is 0. The van der Waals surface area contributed by atoms with Gasteiger partial charge < -0.3 is 14.5 Å². The largest absolute Gasteiger partial charge is 0.491 e. The minimum Gasteiger partial charge on any atom is -0.491 e. The molecule has 130 valence electrons. The fraction of sp³-hybridized carbons (Fsp3) is 0.684. The standard InChI is InChI=1S/C19H31NO3/c1-15(21)12-10-8-6-4-5-7-9-11-13-17-14-18(22)19(23-3)16(2)20-17/h14H,4-13H2,1-3H3,(H,20,22). The molecule has 0 saturated carbocycles. The van der Waals surface area contributed by atoms with Crippen LogP contribution in [0.1, 0.15) is 76.1 Å². The number of Topliss-reactive ketones (excluding diaryl/α,β-unsaturated/α-hetero) is 1. The molecule has 23 heavy (non-hydrogen) atoms. The molecule has 0 aliphatic heterocycles. The van der Waals surface area contributed by atoms with E-state index in [0.717, 1.165) is 37.1 Å². The van der Waals surface area contributed by atoms with Crippen LogP contribution in [0.2, 0.25) is 0 Å². The lowest BCUT2D eigenvalue weighted by atomic mass is 10.0. The number of aryl methyl sites for hydroxylation is 2. The van der Waals surface area contributed by atoms with Crippen LogP contribution in [-0.2, 0) is 11.2 Å². The third-order valence-corrected chi connectivity index (χ3v) is 4.15. The van der Waals surface area contributed by atoms with Gasteiger partial charge in [-0.3, -0.25) is 4.79 Å². The number of nitrogens with one attached hydrogen (secondary N) is 1. The Labute approximate surface area is 139 Å². The second kappa shape index (κ2) is 11.0. The van der Waals surface area contributed by atoms with Crippen LogP contribution in [0.5, 0.6) is 5.75 Å². The van der Waals surface area contributed by atoms with E-state index < -0.39 is 0 Å². The number of unbranched alkanes of at least 4 members (excludes halogenated alkanes) is 7. The van der Waals surface area contributed by atoms with E-state index >= 15 is 0 Å². The van der Waals surface area contributed by atoms with Crippen molar-refractivity contribution in [2.45, 2.75) is 78.1 Å². The number of methoxy groups -OCH3 is 1. The van der Waals surface area contributed by atoms with Crippen molar-refractivity contribution in [1.82, 2.24) is 4.98 Å². The number of hydrogen-bond donors (Lipinski definition) is 1. The Balaban J connectivity index is 2.09. The van der Waals surface area contributed by atoms with E-state index in [-0.39, 0.29) is 5.43 Å². The van der Waals surface area contributed by atoms with Crippen LogP contribution in [0.15, 0.2) is 10.9 Å². The highest BCUT2D eigenvalue weighted by molar-refractivity contribution is 5.75. The summed E-state index contributed by atoms with van der Waals surface area (Å²) in [7, 11) is 1.53. The van der Waals surface area contributed by atoms with Gasteiger partial charge in [0.1, 0.15) is 5.78 Å². The highest BCUT2D eigenvalue weighted by atomic mass is 16.5. The summed E-state index contributed by atoms with van der Waals surface area (Å²) in [5.74, 6) is 0.718. The summed E-state index contributed by atoms with van der Waals surface area (Å²) in [5, 5.41) is 0. The molecule has 0 amide bonds. The first-order chi connectivity index (χ1) is 11.0. The number of rotatable bonds is 12. The molecule has 0 bridgehead atoms. The molecule has 0 fully saturated rings. The van der Waals surface area contributed by atoms with Gasteiger partial charge in [0.25, 0.3) is 0 Å². The SMILES string of the molecule is COc1c(C)[nH]c(CCCCCCCCCCC(C)=O)cc1=O. The van der Waals surface area contributed by atoms with Gasteiger partial charge in [-0.25, -0.2) is 0 Å². The average molecular weight is 321 g/mol. The molecule has 0 radical (unpaired) electrons. The van der Waals surface area contributed by atoms with Crippen LogP contribution in [0.3, 0.4) is 0 Å². The molecule has 1 aromatic rings. The number of hydrogen-bond acceptors (Lipinski definition) is 3. The molecule has 0 atom stereocenters. The number of ketones is 1. The Morgan fingerprint density at radius 2 is 1.61 bits per heavy atom. The van der Waals surface area contributed by atoms with E-state index in [4.69, 9.17) is 4.74 Å². The molecular formula is C19H31NO3. The number of aromatic nitrogens is 1. The molecule has 0 saturated heterocycles. The van der Waals surface area contributed by atoms with Gasteiger partial charge in [0.15, 0.2) is 5.75 Å². The summed E-state index contributed by atoms with van der Waals surface area (Å²) in [6, 6.07) is 1.65. The Morgan fingerprint density at radius 3 is 2.13 bits per heavy atom. The molecule has 1 rings (SSSR count). The first-order valence-corrected chi connectivity index (χ1v) is 8.81. The zero-order chi connectivity index (χ0) is 17.1. The van der Waals surface area contributed by atoms with Crippen LogP contribution in [0.4, 0.5) is 0 Å².